The first-order valence-corrected chi connectivity index (χ1v) is 8.86. The van der Waals surface area contributed by atoms with Crippen LogP contribution < -0.4 is 16.2 Å². The number of hydrazine groups is 1. The van der Waals surface area contributed by atoms with Crippen LogP contribution in [0.4, 0.5) is 10.1 Å². The summed E-state index contributed by atoms with van der Waals surface area (Å²) in [6.45, 7) is 0. The highest BCUT2D eigenvalue weighted by atomic mass is 35.5. The Labute approximate surface area is 170 Å². The molecular weight excluding hydrogens is 408 g/mol. The summed E-state index contributed by atoms with van der Waals surface area (Å²) in [7, 11) is 0. The zero-order valence-electron chi connectivity index (χ0n) is 14.5. The largest absolute Gasteiger partial charge is 0.325 e. The molecule has 0 bridgehead atoms. The monoisotopic (exact) mass is 423 g/mol. The van der Waals surface area contributed by atoms with Gasteiger partial charge in [-0.2, -0.15) is 0 Å². The Morgan fingerprint density at radius 3 is 2.29 bits per heavy atom. The first kappa shape index (κ1) is 21.4. The predicted octanol–water partition coefficient (Wildman–Crippen LogP) is 3.71. The lowest BCUT2D eigenvalue weighted by molar-refractivity contribution is -0.128. The number of amides is 3. The van der Waals surface area contributed by atoms with E-state index in [1.54, 1.807) is 12.1 Å². The van der Waals surface area contributed by atoms with Crippen LogP contribution in [-0.4, -0.2) is 17.7 Å². The fourth-order valence-electron chi connectivity index (χ4n) is 2.01. The molecule has 28 heavy (non-hydrogen) atoms. The Bertz CT molecular complexity index is 902. The van der Waals surface area contributed by atoms with E-state index in [9.17, 15) is 18.8 Å². The average molecular weight is 424 g/mol. The van der Waals surface area contributed by atoms with Crippen molar-refractivity contribution in [2.45, 2.75) is 12.8 Å². The molecule has 0 spiro atoms. The van der Waals surface area contributed by atoms with Crippen molar-refractivity contribution in [3.05, 3.63) is 70.0 Å². The van der Waals surface area contributed by atoms with Gasteiger partial charge in [-0.25, -0.2) is 4.39 Å². The molecule has 0 aliphatic carbocycles. The maximum absolute atomic E-state index is 12.8. The van der Waals surface area contributed by atoms with E-state index < -0.39 is 17.7 Å². The van der Waals surface area contributed by atoms with E-state index in [1.165, 1.54) is 42.5 Å². The quantitative estimate of drug-likeness (QED) is 0.488. The van der Waals surface area contributed by atoms with E-state index in [2.05, 4.69) is 16.2 Å². The molecule has 0 saturated heterocycles. The van der Waals surface area contributed by atoms with Gasteiger partial charge in [-0.1, -0.05) is 35.3 Å². The van der Waals surface area contributed by atoms with Crippen molar-refractivity contribution in [2.75, 3.05) is 5.32 Å². The lowest BCUT2D eigenvalue weighted by atomic mass is 10.2. The minimum absolute atomic E-state index is 0.105. The highest BCUT2D eigenvalue weighted by Crippen LogP contribution is 2.25. The average Bonchev–Trinajstić information content (AvgIpc) is 2.66. The molecule has 0 aliphatic heterocycles. The number of benzene rings is 2. The summed E-state index contributed by atoms with van der Waals surface area (Å²) >= 11 is 11.7. The van der Waals surface area contributed by atoms with Gasteiger partial charge in [-0.05, 0) is 42.0 Å². The molecule has 0 atom stereocenters. The normalized spacial score (nSPS) is 10.5. The summed E-state index contributed by atoms with van der Waals surface area (Å²) in [5, 5.41) is 3.28. The number of carbonyl (C=O) groups excluding carboxylic acids is 3. The molecule has 0 aromatic heterocycles. The van der Waals surface area contributed by atoms with Gasteiger partial charge in [0.2, 0.25) is 11.8 Å². The summed E-state index contributed by atoms with van der Waals surface area (Å²) in [6, 6.07) is 10.2. The molecular formula is C19H16Cl2FN3O3. The predicted molar refractivity (Wildman–Crippen MR) is 106 cm³/mol. The highest BCUT2D eigenvalue weighted by molar-refractivity contribution is 6.36. The number of hydrogen-bond donors (Lipinski definition) is 3. The Hall–Kier alpha value is -2.90. The molecule has 146 valence electrons. The van der Waals surface area contributed by atoms with Crippen LogP contribution in [0.25, 0.3) is 6.08 Å². The summed E-state index contributed by atoms with van der Waals surface area (Å²) in [6.07, 6.45) is 2.40. The Kier molecular flexibility index (Phi) is 7.98. The standard InChI is InChI=1S/C19H16Cl2FN3O3/c20-13-4-7-16(15(21)11-13)23-17(26)9-10-19(28)25-24-18(27)8-3-12-1-5-14(22)6-2-12/h1-8,11H,9-10H2,(H,23,26)(H,24,27)(H,25,28). The molecule has 0 heterocycles. The maximum Gasteiger partial charge on any atom is 0.262 e. The summed E-state index contributed by atoms with van der Waals surface area (Å²) in [5.41, 5.74) is 5.39. The van der Waals surface area contributed by atoms with Gasteiger partial charge < -0.3 is 5.32 Å². The number of hydrogen-bond acceptors (Lipinski definition) is 3. The number of halogens is 3. The van der Waals surface area contributed by atoms with Gasteiger partial charge in [0.05, 0.1) is 10.7 Å². The van der Waals surface area contributed by atoms with E-state index in [0.29, 0.717) is 16.3 Å². The molecule has 3 N–H and O–H groups in total. The summed E-state index contributed by atoms with van der Waals surface area (Å²) < 4.78 is 12.8. The SMILES string of the molecule is O=C(C=Cc1ccc(F)cc1)NNC(=O)CCC(=O)Nc1ccc(Cl)cc1Cl. The fourth-order valence-corrected chi connectivity index (χ4v) is 2.47. The minimum atomic E-state index is -0.574. The van der Waals surface area contributed by atoms with Crippen LogP contribution in [0.2, 0.25) is 10.0 Å². The van der Waals surface area contributed by atoms with Crippen LogP contribution in [0.1, 0.15) is 18.4 Å². The third-order valence-electron chi connectivity index (χ3n) is 3.41. The second-order valence-electron chi connectivity index (χ2n) is 5.59. The lowest BCUT2D eigenvalue weighted by Gasteiger charge is -2.08. The van der Waals surface area contributed by atoms with Crippen LogP contribution in [0.3, 0.4) is 0 Å². The van der Waals surface area contributed by atoms with Crippen LogP contribution in [-0.2, 0) is 14.4 Å². The zero-order valence-corrected chi connectivity index (χ0v) is 16.0. The van der Waals surface area contributed by atoms with Gasteiger partial charge in [0.15, 0.2) is 0 Å². The van der Waals surface area contributed by atoms with E-state index in [0.717, 1.165) is 0 Å². The molecule has 0 saturated carbocycles. The zero-order chi connectivity index (χ0) is 20.5. The highest BCUT2D eigenvalue weighted by Gasteiger charge is 2.10. The van der Waals surface area contributed by atoms with Crippen LogP contribution in [0, 0.1) is 5.82 Å². The number of anilines is 1. The van der Waals surface area contributed by atoms with Gasteiger partial charge >= 0.3 is 0 Å². The Balaban J connectivity index is 1.70. The van der Waals surface area contributed by atoms with Crippen LogP contribution >= 0.6 is 23.2 Å². The summed E-state index contributed by atoms with van der Waals surface area (Å²) in [5.74, 6) is -1.91. The Morgan fingerprint density at radius 2 is 1.61 bits per heavy atom. The molecule has 2 aromatic carbocycles. The molecule has 0 unspecified atom stereocenters. The molecule has 9 heteroatoms. The smallest absolute Gasteiger partial charge is 0.262 e. The van der Waals surface area contributed by atoms with Crippen molar-refractivity contribution in [3.8, 4) is 0 Å². The van der Waals surface area contributed by atoms with Crippen molar-refractivity contribution in [3.63, 3.8) is 0 Å². The molecule has 0 fully saturated rings. The summed E-state index contributed by atoms with van der Waals surface area (Å²) in [4.78, 5) is 35.2. The third-order valence-corrected chi connectivity index (χ3v) is 3.95. The molecule has 6 nitrogen and oxygen atoms in total. The van der Waals surface area contributed by atoms with Crippen molar-refractivity contribution in [1.29, 1.82) is 0 Å². The number of carbonyl (C=O) groups is 3. The number of nitrogens with one attached hydrogen (secondary N) is 3. The second kappa shape index (κ2) is 10.4. The van der Waals surface area contributed by atoms with E-state index in [4.69, 9.17) is 23.2 Å². The lowest BCUT2D eigenvalue weighted by Crippen LogP contribution is -2.41. The first-order valence-electron chi connectivity index (χ1n) is 8.11. The first-order chi connectivity index (χ1) is 13.3. The molecule has 2 rings (SSSR count). The molecule has 3 amide bonds. The van der Waals surface area contributed by atoms with E-state index in [1.807, 2.05) is 0 Å². The molecule has 0 radical (unpaired) electrons. The van der Waals surface area contributed by atoms with Crippen LogP contribution in [0.15, 0.2) is 48.5 Å². The van der Waals surface area contributed by atoms with Gasteiger partial charge in [0.25, 0.3) is 5.91 Å². The number of rotatable bonds is 6. The van der Waals surface area contributed by atoms with E-state index >= 15 is 0 Å². The maximum atomic E-state index is 12.8. The Morgan fingerprint density at radius 1 is 0.929 bits per heavy atom. The fraction of sp³-hybridized carbons (Fsp3) is 0.105. The van der Waals surface area contributed by atoms with Gasteiger partial charge in [-0.15, -0.1) is 0 Å². The van der Waals surface area contributed by atoms with Crippen molar-refractivity contribution in [2.24, 2.45) is 0 Å². The third kappa shape index (κ3) is 7.38. The van der Waals surface area contributed by atoms with Crippen molar-refractivity contribution in [1.82, 2.24) is 10.9 Å². The molecule has 2 aromatic rings. The van der Waals surface area contributed by atoms with E-state index in [-0.39, 0.29) is 23.7 Å². The van der Waals surface area contributed by atoms with Gasteiger partial charge in [0.1, 0.15) is 5.82 Å². The van der Waals surface area contributed by atoms with Crippen molar-refractivity contribution >= 4 is 52.7 Å². The second-order valence-corrected chi connectivity index (χ2v) is 6.44. The topological polar surface area (TPSA) is 87.3 Å². The molecule has 0 aliphatic rings. The minimum Gasteiger partial charge on any atom is -0.325 e. The van der Waals surface area contributed by atoms with Gasteiger partial charge in [0, 0.05) is 23.9 Å². The van der Waals surface area contributed by atoms with Crippen molar-refractivity contribution < 1.29 is 18.8 Å². The van der Waals surface area contributed by atoms with Gasteiger partial charge in [-0.3, -0.25) is 25.2 Å². The van der Waals surface area contributed by atoms with Crippen LogP contribution in [0.5, 0.6) is 0 Å².